The predicted octanol–water partition coefficient (Wildman–Crippen LogP) is 1.03. The SMILES string of the molecule is Cc1cc(-c2nc(C(=O)O)c(C(=O)O)o2)on1. The summed E-state index contributed by atoms with van der Waals surface area (Å²) < 4.78 is 9.60. The molecule has 0 spiro atoms. The Morgan fingerprint density at radius 1 is 1.29 bits per heavy atom. The zero-order valence-electron chi connectivity index (χ0n) is 8.50. The lowest BCUT2D eigenvalue weighted by Gasteiger charge is -1.86. The summed E-state index contributed by atoms with van der Waals surface area (Å²) in [4.78, 5) is 25.0. The fourth-order valence-corrected chi connectivity index (χ4v) is 1.18. The molecule has 0 aromatic carbocycles. The minimum absolute atomic E-state index is 0.0671. The Bertz CT molecular complexity index is 565. The van der Waals surface area contributed by atoms with Crippen LogP contribution in [0, 0.1) is 6.92 Å². The van der Waals surface area contributed by atoms with E-state index in [9.17, 15) is 9.59 Å². The molecule has 0 aliphatic heterocycles. The molecule has 2 heterocycles. The molecule has 2 aromatic heterocycles. The molecule has 8 heteroatoms. The van der Waals surface area contributed by atoms with Gasteiger partial charge in [-0.05, 0) is 6.92 Å². The summed E-state index contributed by atoms with van der Waals surface area (Å²) in [6.07, 6.45) is 0. The molecule has 0 saturated carbocycles. The largest absolute Gasteiger partial charge is 0.476 e. The number of carboxylic acids is 2. The fourth-order valence-electron chi connectivity index (χ4n) is 1.18. The first-order chi connectivity index (χ1) is 7.99. The first kappa shape index (κ1) is 10.9. The van der Waals surface area contributed by atoms with E-state index in [1.165, 1.54) is 6.07 Å². The average molecular weight is 238 g/mol. The van der Waals surface area contributed by atoms with Crippen LogP contribution in [-0.4, -0.2) is 32.3 Å². The van der Waals surface area contributed by atoms with Crippen molar-refractivity contribution in [3.05, 3.63) is 23.2 Å². The van der Waals surface area contributed by atoms with Gasteiger partial charge in [-0.3, -0.25) is 0 Å². The van der Waals surface area contributed by atoms with E-state index in [4.69, 9.17) is 19.2 Å². The highest BCUT2D eigenvalue weighted by Crippen LogP contribution is 2.22. The van der Waals surface area contributed by atoms with Gasteiger partial charge in [0.25, 0.3) is 5.89 Å². The van der Waals surface area contributed by atoms with Crippen LogP contribution in [0.25, 0.3) is 11.7 Å². The van der Waals surface area contributed by atoms with Crippen molar-refractivity contribution < 1.29 is 28.7 Å². The number of oxazole rings is 1. The number of rotatable bonds is 3. The van der Waals surface area contributed by atoms with Crippen LogP contribution >= 0.6 is 0 Å². The van der Waals surface area contributed by atoms with Gasteiger partial charge in [-0.1, -0.05) is 5.16 Å². The van der Waals surface area contributed by atoms with Crippen molar-refractivity contribution in [3.63, 3.8) is 0 Å². The van der Waals surface area contributed by atoms with E-state index in [1.54, 1.807) is 6.92 Å². The summed E-state index contributed by atoms with van der Waals surface area (Å²) in [5.41, 5.74) is -0.145. The van der Waals surface area contributed by atoms with Crippen LogP contribution in [0.1, 0.15) is 26.7 Å². The average Bonchev–Trinajstić information content (AvgIpc) is 2.82. The minimum atomic E-state index is -1.52. The third-order valence-electron chi connectivity index (χ3n) is 1.86. The molecule has 0 aliphatic rings. The van der Waals surface area contributed by atoms with E-state index in [-0.39, 0.29) is 11.7 Å². The Balaban J connectivity index is 2.54. The number of carboxylic acid groups (broad SMARTS) is 2. The van der Waals surface area contributed by atoms with Crippen LogP contribution in [0.2, 0.25) is 0 Å². The van der Waals surface area contributed by atoms with Crippen molar-refractivity contribution in [1.29, 1.82) is 0 Å². The Hall–Kier alpha value is -2.64. The van der Waals surface area contributed by atoms with Gasteiger partial charge in [-0.15, -0.1) is 0 Å². The lowest BCUT2D eigenvalue weighted by atomic mass is 10.3. The number of nitrogens with zero attached hydrogens (tertiary/aromatic N) is 2. The van der Waals surface area contributed by atoms with Crippen LogP contribution in [0.15, 0.2) is 15.0 Å². The standard InChI is InChI=1S/C9H6N2O6/c1-3-2-4(17-11-3)7-10-5(8(12)13)6(16-7)9(14)15/h2H,1H3,(H,12,13)(H,14,15). The molecule has 0 unspecified atom stereocenters. The van der Waals surface area contributed by atoms with Crippen molar-refractivity contribution in [2.45, 2.75) is 6.92 Å². The van der Waals surface area contributed by atoms with Gasteiger partial charge in [-0.2, -0.15) is 4.98 Å². The quantitative estimate of drug-likeness (QED) is 0.811. The van der Waals surface area contributed by atoms with E-state index >= 15 is 0 Å². The van der Waals surface area contributed by atoms with Crippen LogP contribution in [0.3, 0.4) is 0 Å². The summed E-state index contributed by atoms with van der Waals surface area (Å²) >= 11 is 0. The summed E-state index contributed by atoms with van der Waals surface area (Å²) in [5.74, 6) is -3.93. The second-order valence-corrected chi connectivity index (χ2v) is 3.14. The van der Waals surface area contributed by atoms with Gasteiger partial charge in [-0.25, -0.2) is 9.59 Å². The van der Waals surface area contributed by atoms with E-state index < -0.39 is 23.4 Å². The third kappa shape index (κ3) is 1.87. The predicted molar refractivity (Wildman–Crippen MR) is 50.7 cm³/mol. The van der Waals surface area contributed by atoms with Gasteiger partial charge in [0.1, 0.15) is 0 Å². The summed E-state index contributed by atoms with van der Waals surface area (Å²) in [7, 11) is 0. The molecule has 0 atom stereocenters. The van der Waals surface area contributed by atoms with Gasteiger partial charge >= 0.3 is 11.9 Å². The molecule has 8 nitrogen and oxygen atoms in total. The molecule has 0 fully saturated rings. The molecule has 0 amide bonds. The molecular weight excluding hydrogens is 232 g/mol. The summed E-state index contributed by atoms with van der Waals surface area (Å²) in [6, 6.07) is 1.45. The van der Waals surface area contributed by atoms with E-state index in [1.807, 2.05) is 0 Å². The maximum atomic E-state index is 10.7. The maximum absolute atomic E-state index is 10.7. The Morgan fingerprint density at radius 2 is 2.00 bits per heavy atom. The van der Waals surface area contributed by atoms with Crippen molar-refractivity contribution >= 4 is 11.9 Å². The number of aromatic carboxylic acids is 2. The van der Waals surface area contributed by atoms with Crippen LogP contribution < -0.4 is 0 Å². The zero-order chi connectivity index (χ0) is 12.6. The molecule has 0 bridgehead atoms. The Morgan fingerprint density at radius 3 is 2.41 bits per heavy atom. The number of hydrogen-bond donors (Lipinski definition) is 2. The van der Waals surface area contributed by atoms with E-state index in [0.29, 0.717) is 5.69 Å². The highest BCUT2D eigenvalue weighted by molar-refractivity contribution is 5.98. The first-order valence-electron chi connectivity index (χ1n) is 4.40. The summed E-state index contributed by atoms with van der Waals surface area (Å²) in [5, 5.41) is 21.0. The van der Waals surface area contributed by atoms with Crippen LogP contribution in [0.5, 0.6) is 0 Å². The molecule has 2 N–H and O–H groups in total. The summed E-state index contributed by atoms with van der Waals surface area (Å²) in [6.45, 7) is 1.64. The Labute approximate surface area is 93.5 Å². The highest BCUT2D eigenvalue weighted by Gasteiger charge is 2.26. The van der Waals surface area contributed by atoms with Gasteiger partial charge in [0.05, 0.1) is 5.69 Å². The lowest BCUT2D eigenvalue weighted by Crippen LogP contribution is -2.05. The molecule has 88 valence electrons. The molecule has 2 rings (SSSR count). The van der Waals surface area contributed by atoms with Crippen molar-refractivity contribution in [3.8, 4) is 11.7 Å². The molecule has 2 aromatic rings. The number of aryl methyl sites for hydroxylation is 1. The molecular formula is C9H6N2O6. The third-order valence-corrected chi connectivity index (χ3v) is 1.86. The Kier molecular flexibility index (Phi) is 2.39. The van der Waals surface area contributed by atoms with Crippen molar-refractivity contribution in [1.82, 2.24) is 10.1 Å². The zero-order valence-corrected chi connectivity index (χ0v) is 8.50. The molecule has 0 saturated heterocycles. The number of hydrogen-bond acceptors (Lipinski definition) is 6. The molecule has 17 heavy (non-hydrogen) atoms. The van der Waals surface area contributed by atoms with Crippen molar-refractivity contribution in [2.24, 2.45) is 0 Å². The normalized spacial score (nSPS) is 10.4. The van der Waals surface area contributed by atoms with E-state index in [2.05, 4.69) is 10.1 Å². The smallest absolute Gasteiger partial charge is 0.374 e. The first-order valence-corrected chi connectivity index (χ1v) is 4.40. The van der Waals surface area contributed by atoms with Gasteiger partial charge in [0, 0.05) is 6.07 Å². The van der Waals surface area contributed by atoms with E-state index in [0.717, 1.165) is 0 Å². The molecule has 0 radical (unpaired) electrons. The second-order valence-electron chi connectivity index (χ2n) is 3.14. The number of carbonyl (C=O) groups is 2. The van der Waals surface area contributed by atoms with Crippen LogP contribution in [-0.2, 0) is 0 Å². The lowest BCUT2D eigenvalue weighted by molar-refractivity contribution is 0.0624. The highest BCUT2D eigenvalue weighted by atomic mass is 16.5. The second kappa shape index (κ2) is 3.74. The molecule has 0 aliphatic carbocycles. The minimum Gasteiger partial charge on any atom is -0.476 e. The topological polar surface area (TPSA) is 127 Å². The number of aromatic nitrogens is 2. The van der Waals surface area contributed by atoms with Gasteiger partial charge in [0.2, 0.25) is 17.2 Å². The fraction of sp³-hybridized carbons (Fsp3) is 0.111. The maximum Gasteiger partial charge on any atom is 0.374 e. The monoisotopic (exact) mass is 238 g/mol. The van der Waals surface area contributed by atoms with Crippen LogP contribution in [0.4, 0.5) is 0 Å². The van der Waals surface area contributed by atoms with Crippen molar-refractivity contribution in [2.75, 3.05) is 0 Å². The van der Waals surface area contributed by atoms with Gasteiger partial charge < -0.3 is 19.2 Å². The van der Waals surface area contributed by atoms with Gasteiger partial charge in [0.15, 0.2) is 0 Å².